The molecule has 0 amide bonds. The van der Waals surface area contributed by atoms with Gasteiger partial charge in [0, 0.05) is 17.0 Å². The van der Waals surface area contributed by atoms with Crippen molar-refractivity contribution in [3.8, 4) is 17.0 Å². The van der Waals surface area contributed by atoms with Crippen LogP contribution in [0.2, 0.25) is 10.4 Å². The maximum Gasteiger partial charge on any atom is 0.292 e. The third kappa shape index (κ3) is 4.31. The molecule has 124 valence electrons. The molecule has 1 heterocycles. The minimum Gasteiger partial charge on any atom is -0.494 e. The molecule has 1 aromatic heterocycles. The normalized spacial score (nSPS) is 10.8. The van der Waals surface area contributed by atoms with E-state index >= 15 is 0 Å². The van der Waals surface area contributed by atoms with Crippen LogP contribution in [-0.2, 0) is 6.42 Å². The lowest BCUT2D eigenvalue weighted by atomic mass is 10.1. The van der Waals surface area contributed by atoms with Crippen LogP contribution in [0.5, 0.6) is 5.75 Å². The van der Waals surface area contributed by atoms with Crippen LogP contribution in [0, 0.1) is 6.92 Å². The topological polar surface area (TPSA) is 35.3 Å². The number of nitrogens with zero attached hydrogens (tertiary/aromatic N) is 1. The van der Waals surface area contributed by atoms with Crippen molar-refractivity contribution in [1.82, 2.24) is 4.98 Å². The van der Waals surface area contributed by atoms with Crippen LogP contribution in [0.25, 0.3) is 11.3 Å². The van der Waals surface area contributed by atoms with E-state index in [1.54, 1.807) is 0 Å². The Labute approximate surface area is 151 Å². The molecule has 0 radical (unpaired) electrons. The van der Waals surface area contributed by atoms with Crippen molar-refractivity contribution in [2.75, 3.05) is 6.61 Å². The van der Waals surface area contributed by atoms with E-state index < -0.39 is 0 Å². The fraction of sp³-hybridized carbons (Fsp3) is 0.211. The molecule has 3 nitrogen and oxygen atoms in total. The Kier molecular flexibility index (Phi) is 5.44. The molecule has 0 fully saturated rings. The van der Waals surface area contributed by atoms with Gasteiger partial charge in [0.1, 0.15) is 17.2 Å². The van der Waals surface area contributed by atoms with Crippen molar-refractivity contribution in [3.05, 3.63) is 70.2 Å². The van der Waals surface area contributed by atoms with E-state index in [1.165, 1.54) is 5.56 Å². The summed E-state index contributed by atoms with van der Waals surface area (Å²) in [6.07, 6.45) is 1.50. The molecule has 0 saturated heterocycles. The molecule has 5 heteroatoms. The zero-order valence-corrected chi connectivity index (χ0v) is 14.8. The second kappa shape index (κ2) is 7.73. The SMILES string of the molecule is Cc1cccc(OCCCc2oc(Cl)nc2-c2ccc(Cl)cc2)c1. The number of ether oxygens (including phenoxy) is 1. The second-order valence-corrected chi connectivity index (χ2v) is 6.27. The van der Waals surface area contributed by atoms with E-state index in [2.05, 4.69) is 4.98 Å². The lowest BCUT2D eigenvalue weighted by molar-refractivity contribution is 0.306. The first kappa shape index (κ1) is 16.9. The van der Waals surface area contributed by atoms with Gasteiger partial charge in [0.15, 0.2) is 0 Å². The number of halogens is 2. The molecule has 0 N–H and O–H groups in total. The largest absolute Gasteiger partial charge is 0.494 e. The highest BCUT2D eigenvalue weighted by Crippen LogP contribution is 2.28. The van der Waals surface area contributed by atoms with Gasteiger partial charge < -0.3 is 9.15 Å². The van der Waals surface area contributed by atoms with Gasteiger partial charge in [-0.1, -0.05) is 35.9 Å². The molecule has 0 aliphatic carbocycles. The minimum atomic E-state index is 0.148. The number of rotatable bonds is 6. The lowest BCUT2D eigenvalue weighted by Crippen LogP contribution is -1.99. The van der Waals surface area contributed by atoms with E-state index in [1.807, 2.05) is 55.5 Å². The van der Waals surface area contributed by atoms with E-state index in [-0.39, 0.29) is 5.35 Å². The van der Waals surface area contributed by atoms with Crippen molar-refractivity contribution in [2.24, 2.45) is 0 Å². The molecule has 0 bridgehead atoms. The van der Waals surface area contributed by atoms with E-state index in [0.29, 0.717) is 18.1 Å². The number of hydrogen-bond acceptors (Lipinski definition) is 3. The van der Waals surface area contributed by atoms with Gasteiger partial charge in [-0.3, -0.25) is 0 Å². The Bertz CT molecular complexity index is 812. The van der Waals surface area contributed by atoms with Gasteiger partial charge in [0.2, 0.25) is 0 Å². The van der Waals surface area contributed by atoms with Gasteiger partial charge in [-0.05, 0) is 54.8 Å². The monoisotopic (exact) mass is 361 g/mol. The zero-order valence-electron chi connectivity index (χ0n) is 13.3. The van der Waals surface area contributed by atoms with Crippen molar-refractivity contribution < 1.29 is 9.15 Å². The number of aromatic nitrogens is 1. The Hall–Kier alpha value is -1.97. The Morgan fingerprint density at radius 2 is 1.88 bits per heavy atom. The summed E-state index contributed by atoms with van der Waals surface area (Å²) >= 11 is 11.9. The van der Waals surface area contributed by atoms with Gasteiger partial charge in [-0.25, -0.2) is 0 Å². The quantitative estimate of drug-likeness (QED) is 0.507. The third-order valence-electron chi connectivity index (χ3n) is 3.60. The first-order valence-electron chi connectivity index (χ1n) is 7.72. The van der Waals surface area contributed by atoms with Crippen LogP contribution >= 0.6 is 23.2 Å². The average Bonchev–Trinajstić information content (AvgIpc) is 2.93. The van der Waals surface area contributed by atoms with Crippen LogP contribution in [0.4, 0.5) is 0 Å². The van der Waals surface area contributed by atoms with E-state index in [0.717, 1.165) is 29.2 Å². The predicted octanol–water partition coefficient (Wildman–Crippen LogP) is 5.97. The summed E-state index contributed by atoms with van der Waals surface area (Å²) in [4.78, 5) is 4.27. The van der Waals surface area contributed by atoms with Crippen LogP contribution in [0.1, 0.15) is 17.7 Å². The summed E-state index contributed by atoms with van der Waals surface area (Å²) in [5.41, 5.74) is 2.87. The number of benzene rings is 2. The third-order valence-corrected chi connectivity index (χ3v) is 4.01. The summed E-state index contributed by atoms with van der Waals surface area (Å²) in [7, 11) is 0. The molecule has 24 heavy (non-hydrogen) atoms. The lowest BCUT2D eigenvalue weighted by Gasteiger charge is -2.06. The molecule has 3 rings (SSSR count). The number of oxazole rings is 1. The van der Waals surface area contributed by atoms with Gasteiger partial charge in [0.05, 0.1) is 6.61 Å². The summed E-state index contributed by atoms with van der Waals surface area (Å²) in [5, 5.41) is 0.830. The average molecular weight is 362 g/mol. The second-order valence-electron chi connectivity index (χ2n) is 5.51. The molecular formula is C19H17Cl2NO2. The molecule has 3 aromatic rings. The van der Waals surface area contributed by atoms with Crippen LogP contribution < -0.4 is 4.74 Å². The first-order valence-corrected chi connectivity index (χ1v) is 8.48. The van der Waals surface area contributed by atoms with Crippen LogP contribution in [0.15, 0.2) is 52.9 Å². The van der Waals surface area contributed by atoms with Gasteiger partial charge >= 0.3 is 0 Å². The standard InChI is InChI=1S/C19H17Cl2NO2/c1-13-4-2-5-16(12-13)23-11-3-6-17-18(22-19(21)24-17)14-7-9-15(20)10-8-14/h2,4-5,7-10,12H,3,6,11H2,1H3. The number of aryl methyl sites for hydroxylation is 2. The molecule has 0 unspecified atom stereocenters. The van der Waals surface area contributed by atoms with Gasteiger partial charge in [0.25, 0.3) is 5.35 Å². The van der Waals surface area contributed by atoms with Gasteiger partial charge in [-0.2, -0.15) is 4.98 Å². The van der Waals surface area contributed by atoms with Crippen molar-refractivity contribution in [1.29, 1.82) is 0 Å². The summed E-state index contributed by atoms with van der Waals surface area (Å²) in [6.45, 7) is 2.64. The summed E-state index contributed by atoms with van der Waals surface area (Å²) in [5.74, 6) is 1.64. The Balaban J connectivity index is 1.62. The molecule has 0 aliphatic rings. The molecule has 0 aliphatic heterocycles. The first-order chi connectivity index (χ1) is 11.6. The molecular weight excluding hydrogens is 345 g/mol. The highest BCUT2D eigenvalue weighted by Gasteiger charge is 2.14. The maximum atomic E-state index is 5.94. The van der Waals surface area contributed by atoms with Crippen LogP contribution in [-0.4, -0.2) is 11.6 Å². The fourth-order valence-corrected chi connectivity index (χ4v) is 2.76. The number of hydrogen-bond donors (Lipinski definition) is 0. The zero-order chi connectivity index (χ0) is 16.9. The fourth-order valence-electron chi connectivity index (χ4n) is 2.45. The smallest absolute Gasteiger partial charge is 0.292 e. The van der Waals surface area contributed by atoms with Crippen LogP contribution in [0.3, 0.4) is 0 Å². The Morgan fingerprint density at radius 3 is 2.62 bits per heavy atom. The highest BCUT2D eigenvalue weighted by atomic mass is 35.5. The summed E-state index contributed by atoms with van der Waals surface area (Å²) in [6, 6.07) is 15.5. The Morgan fingerprint density at radius 1 is 1.08 bits per heavy atom. The van der Waals surface area contributed by atoms with Crippen molar-refractivity contribution in [2.45, 2.75) is 19.8 Å². The van der Waals surface area contributed by atoms with Gasteiger partial charge in [-0.15, -0.1) is 0 Å². The minimum absolute atomic E-state index is 0.148. The van der Waals surface area contributed by atoms with Crippen molar-refractivity contribution in [3.63, 3.8) is 0 Å². The highest BCUT2D eigenvalue weighted by molar-refractivity contribution is 6.30. The van der Waals surface area contributed by atoms with E-state index in [4.69, 9.17) is 32.4 Å². The predicted molar refractivity (Wildman–Crippen MR) is 97.0 cm³/mol. The molecule has 2 aromatic carbocycles. The van der Waals surface area contributed by atoms with Crippen molar-refractivity contribution >= 4 is 23.2 Å². The molecule has 0 spiro atoms. The maximum absolute atomic E-state index is 5.94. The summed E-state index contributed by atoms with van der Waals surface area (Å²) < 4.78 is 11.3. The molecule has 0 saturated carbocycles. The van der Waals surface area contributed by atoms with E-state index in [9.17, 15) is 0 Å². The molecule has 0 atom stereocenters.